The zero-order valence-corrected chi connectivity index (χ0v) is 71.1. The summed E-state index contributed by atoms with van der Waals surface area (Å²) in [6.07, 6.45) is 17.7. The molecule has 8 aliphatic rings. The quantitative estimate of drug-likeness (QED) is 0.101. The van der Waals surface area contributed by atoms with Crippen molar-refractivity contribution >= 4 is 166 Å². The Bertz CT molecular complexity index is 5150. The van der Waals surface area contributed by atoms with Crippen molar-refractivity contribution in [1.82, 2.24) is 84.3 Å². The third-order valence-corrected chi connectivity index (χ3v) is 22.0. The summed E-state index contributed by atoms with van der Waals surface area (Å²) >= 11 is 18.5. The zero-order valence-electron chi connectivity index (χ0n) is 63.7. The van der Waals surface area contributed by atoms with Crippen LogP contribution in [0.3, 0.4) is 0 Å². The van der Waals surface area contributed by atoms with E-state index in [0.717, 1.165) is 239 Å². The summed E-state index contributed by atoms with van der Waals surface area (Å²) in [5.41, 5.74) is 12.1. The first kappa shape index (κ1) is 81.6. The van der Waals surface area contributed by atoms with E-state index in [1.165, 1.54) is 68.2 Å². The van der Waals surface area contributed by atoms with Crippen molar-refractivity contribution in [2.45, 2.75) is 110 Å². The Balaban J connectivity index is 0.000000126. The van der Waals surface area contributed by atoms with Gasteiger partial charge >= 0.3 is 0 Å². The second kappa shape index (κ2) is 38.6. The van der Waals surface area contributed by atoms with E-state index in [1.54, 1.807) is 12.7 Å². The van der Waals surface area contributed by atoms with E-state index in [4.69, 9.17) is 79.3 Å². The monoisotopic (exact) mass is 1670 g/mol. The highest BCUT2D eigenvalue weighted by Crippen LogP contribution is 2.60. The summed E-state index contributed by atoms with van der Waals surface area (Å²) in [7, 11) is 7.94. The van der Waals surface area contributed by atoms with Gasteiger partial charge in [0.1, 0.15) is 69.3 Å². The maximum atomic E-state index is 6.41. The van der Waals surface area contributed by atoms with Gasteiger partial charge in [-0.05, 0) is 148 Å². The molecule has 112 heavy (non-hydrogen) atoms. The predicted molar refractivity (Wildman–Crippen MR) is 466 cm³/mol. The Labute approximate surface area is 682 Å². The van der Waals surface area contributed by atoms with Gasteiger partial charge in [-0.1, -0.05) is 76.1 Å². The van der Waals surface area contributed by atoms with Gasteiger partial charge < -0.3 is 54.2 Å². The summed E-state index contributed by atoms with van der Waals surface area (Å²) in [5, 5.41) is 26.3. The average molecular weight is 1670 g/mol. The fourth-order valence-electron chi connectivity index (χ4n) is 15.3. The fraction of sp³-hybridized carbons (Fsp3) is 0.462. The normalized spacial score (nSPS) is 19.3. The minimum Gasteiger partial charge on any atom is -0.378 e. The lowest BCUT2D eigenvalue weighted by molar-refractivity contribution is 0.122. The molecule has 0 radical (unpaired) electrons. The van der Waals surface area contributed by atoms with Gasteiger partial charge in [0.15, 0.2) is 16.9 Å². The summed E-state index contributed by atoms with van der Waals surface area (Å²) in [5.74, 6) is 6.12. The lowest BCUT2D eigenvalue weighted by Gasteiger charge is -2.36. The highest BCUT2D eigenvalue weighted by Gasteiger charge is 2.33. The number of hydrogen-bond acceptors (Lipinski definition) is 23. The van der Waals surface area contributed by atoms with E-state index >= 15 is 0 Å². The Kier molecular flexibility index (Phi) is 28.1. The summed E-state index contributed by atoms with van der Waals surface area (Å²) in [6.45, 7) is 23.4. The van der Waals surface area contributed by atoms with Crippen molar-refractivity contribution in [3.8, 4) is 0 Å². The summed E-state index contributed by atoms with van der Waals surface area (Å²) in [4.78, 5) is 54.7. The van der Waals surface area contributed by atoms with E-state index in [0.29, 0.717) is 34.7 Å². The smallest absolute Gasteiger partial charge is 0.160 e. The zero-order chi connectivity index (χ0) is 76.3. The van der Waals surface area contributed by atoms with Crippen LogP contribution in [-0.4, -0.2) is 198 Å². The Morgan fingerprint density at radius 3 is 1.24 bits per heavy atom. The van der Waals surface area contributed by atoms with Crippen LogP contribution in [0.1, 0.15) is 123 Å². The molecule has 12 aromatic rings. The van der Waals surface area contributed by atoms with Crippen molar-refractivity contribution in [3.63, 3.8) is 0 Å². The molecule has 0 bridgehead atoms. The van der Waals surface area contributed by atoms with Gasteiger partial charge in [0.2, 0.25) is 0 Å². The lowest BCUT2D eigenvalue weighted by atomic mass is 9.98. The number of hydrogen-bond donors (Lipinski definition) is 2. The van der Waals surface area contributed by atoms with Crippen LogP contribution in [0.2, 0.25) is 15.5 Å². The SMILES string of the molecule is C1CNC1.Cc1ccc2ncnc(Cl)c2c1.Cc1ccc2ncnc(N3CCCCC3c3cc4nc(Cl)cc(N5CCOCC5)n4n3)c2c1.Cc1ccc2ncnc(N3CCCCC3c3cc4nc(N5CCC5)cc(N5CCOCC5)n4n3)c2c1.Cl.Clc1cc(N2CCOCC2)n2nc(C3CCCCN3)cc2n1.PP(P)P. The molecule has 20 rings (SSSR count). The first-order valence-electron chi connectivity index (χ1n) is 38.8. The standard InChI is InChI=1S/C27H32N8O.C24H26ClN7O.C15H20ClN5O.C9H7ClN2.C3H7N.ClH.H6P4/c1-19-6-7-21-20(15-19)27(29-18-28-21)34-10-3-2-5-23(34)22-16-25-30-24(32-8-4-9-32)17-26(35(25)31-22)33-11-13-36-14-12-33;1-16-5-6-18-17(12-16)24(27-15-26-18)31-7-3-2-4-20(31)19-13-22-28-21(25)14-23(32(22)29-19)30-8-10-33-11-9-30;16-13-10-15(20-5-7-22-8-6-20)21-14(18-13)9-12(19-21)11-3-1-2-4-17-11;1-6-2-3-8-7(4-6)9(10)12-5-11-8;1-2-4-3-1;;1-4(2)3/h6-7,15-18,23H,2-5,8-14H2,1H3;5-6,12-15,20H,2-4,7-11H2,1H3;9-11,17H,1-8H2;2-5H,1H3;4H,1-3H2;1H;1-3H2. The van der Waals surface area contributed by atoms with Crippen LogP contribution in [0.5, 0.6) is 0 Å². The molecule has 34 heteroatoms. The molecule has 0 aliphatic carbocycles. The molecule has 26 nitrogen and oxygen atoms in total. The largest absolute Gasteiger partial charge is 0.378 e. The van der Waals surface area contributed by atoms with Crippen molar-refractivity contribution in [3.05, 3.63) is 159 Å². The van der Waals surface area contributed by atoms with Gasteiger partial charge in [0.25, 0.3) is 0 Å². The van der Waals surface area contributed by atoms with E-state index in [2.05, 4.69) is 176 Å². The van der Waals surface area contributed by atoms with Crippen LogP contribution in [0.15, 0.2) is 110 Å². The second-order valence-electron chi connectivity index (χ2n) is 29.1. The van der Waals surface area contributed by atoms with Crippen molar-refractivity contribution in [1.29, 1.82) is 0 Å². The first-order chi connectivity index (χ1) is 54.2. The number of aromatic nitrogens is 15. The molecule has 6 unspecified atom stereocenters. The van der Waals surface area contributed by atoms with Crippen molar-refractivity contribution < 1.29 is 14.2 Å². The Hall–Kier alpha value is -6.98. The number of ether oxygens (including phenoxy) is 3. The van der Waals surface area contributed by atoms with Gasteiger partial charge in [-0.25, -0.2) is 44.9 Å². The topological polar surface area (TPSA) is 239 Å². The minimum atomic E-state index is 0. The number of fused-ring (bicyclic) bond motifs is 6. The predicted octanol–water partition coefficient (Wildman–Crippen LogP) is 14.8. The van der Waals surface area contributed by atoms with E-state index in [1.807, 2.05) is 46.3 Å². The van der Waals surface area contributed by atoms with Crippen LogP contribution in [-0.2, 0) is 14.2 Å². The summed E-state index contributed by atoms with van der Waals surface area (Å²) in [6, 6.07) is 31.6. The molecule has 8 aliphatic heterocycles. The average Bonchev–Trinajstić information content (AvgIpc) is 1.60. The van der Waals surface area contributed by atoms with Crippen LogP contribution in [0, 0.1) is 20.8 Å². The molecule has 3 aromatic carbocycles. The number of rotatable bonds is 9. The fourth-order valence-corrected chi connectivity index (χ4v) is 15.9. The molecule has 2 N–H and O–H groups in total. The van der Waals surface area contributed by atoms with E-state index in [9.17, 15) is 0 Å². The number of benzene rings is 3. The van der Waals surface area contributed by atoms with Crippen LogP contribution >= 0.6 is 81.0 Å². The third kappa shape index (κ3) is 19.6. The maximum absolute atomic E-state index is 6.41. The molecule has 0 amide bonds. The number of nitrogens with one attached hydrogen (secondary N) is 2. The Morgan fingerprint density at radius 1 is 0.411 bits per heavy atom. The van der Waals surface area contributed by atoms with Crippen LogP contribution in [0.4, 0.5) is 34.9 Å². The minimum absolute atomic E-state index is 0. The van der Waals surface area contributed by atoms with Gasteiger partial charge in [-0.3, -0.25) is 0 Å². The van der Waals surface area contributed by atoms with Gasteiger partial charge in [0, 0.05) is 118 Å². The second-order valence-corrected chi connectivity index (χ2v) is 41.8. The van der Waals surface area contributed by atoms with Crippen molar-refractivity contribution in [2.75, 3.05) is 154 Å². The molecule has 8 saturated heterocycles. The van der Waals surface area contributed by atoms with Crippen molar-refractivity contribution in [2.24, 2.45) is 0 Å². The highest BCUT2D eigenvalue weighted by molar-refractivity contribution is 8.65. The number of morpholine rings is 3. The molecule has 9 aromatic heterocycles. The number of halogens is 4. The first-order valence-corrected chi connectivity index (χ1v) is 46.1. The summed E-state index contributed by atoms with van der Waals surface area (Å²) < 4.78 is 22.5. The van der Waals surface area contributed by atoms with E-state index < -0.39 is 0 Å². The third-order valence-electron chi connectivity index (χ3n) is 21.3. The molecular formula is C78H99Cl4N23O3P4. The highest BCUT2D eigenvalue weighted by atomic mass is 35.5. The maximum Gasteiger partial charge on any atom is 0.160 e. The molecule has 6 atom stereocenters. The number of aryl methyl sites for hydroxylation is 3. The molecule has 0 saturated carbocycles. The molecule has 8 fully saturated rings. The molecule has 0 spiro atoms. The number of anilines is 6. The van der Waals surface area contributed by atoms with Gasteiger partial charge in [0.05, 0.1) is 91.4 Å². The Morgan fingerprint density at radius 2 is 0.812 bits per heavy atom. The van der Waals surface area contributed by atoms with Gasteiger partial charge in [-0.15, -0.1) is 39.2 Å². The number of piperidine rings is 3. The molecule has 592 valence electrons. The lowest BCUT2D eigenvalue weighted by Crippen LogP contribution is -2.40. The van der Waals surface area contributed by atoms with Gasteiger partial charge in [-0.2, -0.15) is 28.8 Å². The number of nitrogens with zero attached hydrogens (tertiary/aromatic N) is 21. The molecular weight excluding hydrogens is 1570 g/mol. The molecule has 17 heterocycles. The van der Waals surface area contributed by atoms with E-state index in [-0.39, 0.29) is 31.5 Å². The van der Waals surface area contributed by atoms with Crippen LogP contribution < -0.4 is 40.0 Å². The van der Waals surface area contributed by atoms with Crippen LogP contribution in [0.25, 0.3) is 49.7 Å².